The lowest BCUT2D eigenvalue weighted by atomic mass is 9.98. The van der Waals surface area contributed by atoms with Crippen LogP contribution in [-0.2, 0) is 10.3 Å². The van der Waals surface area contributed by atoms with Crippen molar-refractivity contribution in [3.05, 3.63) is 23.7 Å². The summed E-state index contributed by atoms with van der Waals surface area (Å²) in [6.07, 6.45) is 3.34. The predicted octanol–water partition coefficient (Wildman–Crippen LogP) is 1.41. The number of carbonyl (C=O) groups is 1. The summed E-state index contributed by atoms with van der Waals surface area (Å²) in [4.78, 5) is 15.5. The first-order valence-electron chi connectivity index (χ1n) is 5.82. The van der Waals surface area contributed by atoms with Crippen LogP contribution in [0.4, 0.5) is 10.5 Å². The number of primary amides is 1. The molecule has 0 spiro atoms. The number of aromatic nitrogens is 3. The molecule has 0 unspecified atom stereocenters. The number of nitrogens with zero attached hydrogens (tertiary/aromatic N) is 3. The molecule has 2 aromatic heterocycles. The fourth-order valence-electron chi connectivity index (χ4n) is 1.97. The Balaban J connectivity index is 2.74. The second-order valence-corrected chi connectivity index (χ2v) is 4.79. The second kappa shape index (κ2) is 4.51. The summed E-state index contributed by atoms with van der Waals surface area (Å²) in [5.41, 5.74) is 7.24. The highest BCUT2D eigenvalue weighted by Gasteiger charge is 2.28. The van der Waals surface area contributed by atoms with Gasteiger partial charge in [0.1, 0.15) is 0 Å². The third-order valence-corrected chi connectivity index (χ3v) is 2.98. The Morgan fingerprint density at radius 2 is 2.21 bits per heavy atom. The molecular weight excluding hydrogens is 246 g/mol. The Labute approximate surface area is 110 Å². The van der Waals surface area contributed by atoms with E-state index in [1.54, 1.807) is 17.8 Å². The summed E-state index contributed by atoms with van der Waals surface area (Å²) in [5.74, 6) is 0. The lowest BCUT2D eigenvalue weighted by Gasteiger charge is -2.26. The van der Waals surface area contributed by atoms with Crippen LogP contribution in [0.5, 0.6) is 0 Å². The van der Waals surface area contributed by atoms with Gasteiger partial charge in [-0.15, -0.1) is 0 Å². The van der Waals surface area contributed by atoms with Gasteiger partial charge in [0, 0.05) is 7.11 Å². The number of imidazole rings is 1. The van der Waals surface area contributed by atoms with Crippen LogP contribution in [0.15, 0.2) is 12.4 Å². The summed E-state index contributed by atoms with van der Waals surface area (Å²) < 4.78 is 7.14. The number of ether oxygens (including phenoxy) is 1. The van der Waals surface area contributed by atoms with Crippen molar-refractivity contribution in [1.29, 1.82) is 0 Å². The number of amides is 2. The van der Waals surface area contributed by atoms with Gasteiger partial charge in [0.25, 0.3) is 0 Å². The number of anilines is 1. The Morgan fingerprint density at radius 3 is 2.79 bits per heavy atom. The maximum atomic E-state index is 11.1. The summed E-state index contributed by atoms with van der Waals surface area (Å²) in [5, 5.41) is 6.75. The molecule has 2 heterocycles. The summed E-state index contributed by atoms with van der Waals surface area (Å²) in [7, 11) is 1.60. The summed E-state index contributed by atoms with van der Waals surface area (Å²) in [6.45, 7) is 5.65. The van der Waals surface area contributed by atoms with Gasteiger partial charge in [-0.1, -0.05) is 0 Å². The van der Waals surface area contributed by atoms with E-state index in [4.69, 9.17) is 10.5 Å². The minimum Gasteiger partial charge on any atom is -0.374 e. The summed E-state index contributed by atoms with van der Waals surface area (Å²) >= 11 is 0. The average molecular weight is 263 g/mol. The van der Waals surface area contributed by atoms with Crippen LogP contribution in [0.3, 0.4) is 0 Å². The zero-order valence-corrected chi connectivity index (χ0v) is 11.4. The van der Waals surface area contributed by atoms with E-state index in [-0.39, 0.29) is 0 Å². The monoisotopic (exact) mass is 263 g/mol. The molecule has 7 heteroatoms. The van der Waals surface area contributed by atoms with Gasteiger partial charge in [0.2, 0.25) is 0 Å². The number of urea groups is 1. The van der Waals surface area contributed by atoms with Crippen molar-refractivity contribution in [3.8, 4) is 0 Å². The third-order valence-electron chi connectivity index (χ3n) is 2.98. The number of carbonyl (C=O) groups excluding carboxylic acids is 1. The van der Waals surface area contributed by atoms with Crippen molar-refractivity contribution in [3.63, 3.8) is 0 Å². The fraction of sp³-hybridized carbons (Fsp3) is 0.417. The molecule has 0 saturated heterocycles. The van der Waals surface area contributed by atoms with Crippen molar-refractivity contribution >= 4 is 17.4 Å². The smallest absolute Gasteiger partial charge is 0.316 e. The highest BCUT2D eigenvalue weighted by molar-refractivity contribution is 5.90. The Hall–Kier alpha value is -2.15. The van der Waals surface area contributed by atoms with Gasteiger partial charge in [0.05, 0.1) is 34.9 Å². The molecule has 3 N–H and O–H groups in total. The maximum absolute atomic E-state index is 11.1. The first kappa shape index (κ1) is 13.3. The van der Waals surface area contributed by atoms with Crippen molar-refractivity contribution in [2.45, 2.75) is 26.4 Å². The Kier molecular flexibility index (Phi) is 3.15. The molecule has 2 aromatic rings. The highest BCUT2D eigenvalue weighted by Crippen LogP contribution is 2.33. The first-order valence-corrected chi connectivity index (χ1v) is 5.82. The van der Waals surface area contributed by atoms with E-state index in [2.05, 4.69) is 15.4 Å². The predicted molar refractivity (Wildman–Crippen MR) is 71.0 cm³/mol. The van der Waals surface area contributed by atoms with E-state index < -0.39 is 11.6 Å². The highest BCUT2D eigenvalue weighted by atomic mass is 16.5. The maximum Gasteiger partial charge on any atom is 0.316 e. The van der Waals surface area contributed by atoms with Crippen LogP contribution in [0.1, 0.15) is 25.1 Å². The molecule has 0 fully saturated rings. The van der Waals surface area contributed by atoms with E-state index in [0.29, 0.717) is 11.3 Å². The molecule has 19 heavy (non-hydrogen) atoms. The van der Waals surface area contributed by atoms with Crippen molar-refractivity contribution in [1.82, 2.24) is 14.6 Å². The third kappa shape index (κ3) is 2.37. The van der Waals surface area contributed by atoms with E-state index in [1.165, 1.54) is 6.20 Å². The molecule has 2 rings (SSSR count). The average Bonchev–Trinajstić information content (AvgIpc) is 2.67. The fourth-order valence-corrected chi connectivity index (χ4v) is 1.97. The Bertz CT molecular complexity index is 632. The standard InChI is InChI=1S/C12H17N5O2/c1-7-6-17-10(15-7)9(12(2,3)19-4)8(5-14-17)16-11(13)18/h5-6H,1-4H3,(H3,13,16,18). The second-order valence-electron chi connectivity index (χ2n) is 4.79. The van der Waals surface area contributed by atoms with E-state index in [1.807, 2.05) is 20.8 Å². The molecule has 0 saturated carbocycles. The van der Waals surface area contributed by atoms with Crippen molar-refractivity contribution in [2.75, 3.05) is 12.4 Å². The molecule has 0 aliphatic rings. The number of rotatable bonds is 3. The van der Waals surface area contributed by atoms with Crippen LogP contribution in [0.25, 0.3) is 5.65 Å². The SMILES string of the molecule is COC(C)(C)c1c(NC(N)=O)cnn2cc(C)nc12. The zero-order chi connectivity index (χ0) is 14.2. The van der Waals surface area contributed by atoms with E-state index in [0.717, 1.165) is 11.3 Å². The van der Waals surface area contributed by atoms with Crippen molar-refractivity contribution in [2.24, 2.45) is 5.73 Å². The molecular formula is C12H17N5O2. The lowest BCUT2D eigenvalue weighted by Crippen LogP contribution is -2.27. The minimum absolute atomic E-state index is 0.498. The molecule has 2 amide bonds. The Morgan fingerprint density at radius 1 is 1.53 bits per heavy atom. The van der Waals surface area contributed by atoms with Gasteiger partial charge in [0.15, 0.2) is 5.65 Å². The lowest BCUT2D eigenvalue weighted by molar-refractivity contribution is 0.0206. The van der Waals surface area contributed by atoms with Crippen molar-refractivity contribution < 1.29 is 9.53 Å². The molecule has 7 nitrogen and oxygen atoms in total. The number of methoxy groups -OCH3 is 1. The topological polar surface area (TPSA) is 94.5 Å². The van der Waals surface area contributed by atoms with Crippen LogP contribution in [0.2, 0.25) is 0 Å². The van der Waals surface area contributed by atoms with Crippen LogP contribution in [0, 0.1) is 6.92 Å². The molecule has 0 aliphatic heterocycles. The first-order chi connectivity index (χ1) is 8.85. The van der Waals surface area contributed by atoms with Gasteiger partial charge < -0.3 is 15.8 Å². The van der Waals surface area contributed by atoms with Gasteiger partial charge in [-0.25, -0.2) is 14.3 Å². The van der Waals surface area contributed by atoms with Crippen LogP contribution >= 0.6 is 0 Å². The minimum atomic E-state index is -0.650. The van der Waals surface area contributed by atoms with Gasteiger partial charge in [-0.05, 0) is 20.8 Å². The van der Waals surface area contributed by atoms with Crippen LogP contribution in [-0.4, -0.2) is 27.7 Å². The largest absolute Gasteiger partial charge is 0.374 e. The number of hydrogen-bond acceptors (Lipinski definition) is 4. The summed E-state index contributed by atoms with van der Waals surface area (Å²) in [6, 6.07) is -0.650. The molecule has 0 bridgehead atoms. The molecule has 0 atom stereocenters. The molecule has 0 aliphatic carbocycles. The van der Waals surface area contributed by atoms with Gasteiger partial charge >= 0.3 is 6.03 Å². The van der Waals surface area contributed by atoms with E-state index in [9.17, 15) is 4.79 Å². The number of nitrogens with one attached hydrogen (secondary N) is 1. The number of fused-ring (bicyclic) bond motifs is 1. The molecule has 102 valence electrons. The number of nitrogens with two attached hydrogens (primary N) is 1. The molecule has 0 aromatic carbocycles. The van der Waals surface area contributed by atoms with Gasteiger partial charge in [-0.3, -0.25) is 0 Å². The quantitative estimate of drug-likeness (QED) is 0.875. The van der Waals surface area contributed by atoms with E-state index >= 15 is 0 Å². The number of hydrogen-bond donors (Lipinski definition) is 2. The van der Waals surface area contributed by atoms with Gasteiger partial charge in [-0.2, -0.15) is 5.10 Å². The number of aryl methyl sites for hydroxylation is 1. The normalized spacial score (nSPS) is 11.8. The zero-order valence-electron chi connectivity index (χ0n) is 11.4. The molecule has 0 radical (unpaired) electrons. The van der Waals surface area contributed by atoms with Crippen LogP contribution < -0.4 is 11.1 Å².